The summed E-state index contributed by atoms with van der Waals surface area (Å²) in [5.41, 5.74) is 7.64. The number of nitrogens with one attached hydrogen (secondary N) is 1. The molecule has 0 fully saturated rings. The summed E-state index contributed by atoms with van der Waals surface area (Å²) < 4.78 is 27.5. The SMILES string of the molecule is Cc1ccc(N)c(C)c1S(=O)(=O)NC1CC=CC1. The monoisotopic (exact) mass is 266 g/mol. The topological polar surface area (TPSA) is 72.2 Å². The van der Waals surface area contributed by atoms with Crippen LogP contribution in [0.1, 0.15) is 24.0 Å². The highest BCUT2D eigenvalue weighted by Crippen LogP contribution is 2.25. The summed E-state index contributed by atoms with van der Waals surface area (Å²) in [6, 6.07) is 3.44. The van der Waals surface area contributed by atoms with E-state index in [9.17, 15) is 8.42 Å². The summed E-state index contributed by atoms with van der Waals surface area (Å²) >= 11 is 0. The minimum absolute atomic E-state index is 0.0322. The smallest absolute Gasteiger partial charge is 0.241 e. The van der Waals surface area contributed by atoms with E-state index in [0.717, 1.165) is 18.4 Å². The van der Waals surface area contributed by atoms with Crippen LogP contribution in [0.3, 0.4) is 0 Å². The van der Waals surface area contributed by atoms with E-state index >= 15 is 0 Å². The van der Waals surface area contributed by atoms with Crippen LogP contribution >= 0.6 is 0 Å². The number of rotatable bonds is 3. The molecule has 98 valence electrons. The molecule has 3 N–H and O–H groups in total. The molecule has 0 atom stereocenters. The molecule has 0 aromatic heterocycles. The van der Waals surface area contributed by atoms with Crippen LogP contribution < -0.4 is 10.5 Å². The van der Waals surface area contributed by atoms with Crippen molar-refractivity contribution in [1.82, 2.24) is 4.72 Å². The molecule has 0 bridgehead atoms. The van der Waals surface area contributed by atoms with Gasteiger partial charge in [0.2, 0.25) is 10.0 Å². The van der Waals surface area contributed by atoms with Gasteiger partial charge in [0, 0.05) is 11.7 Å². The van der Waals surface area contributed by atoms with Gasteiger partial charge in [-0.15, -0.1) is 0 Å². The first kappa shape index (κ1) is 13.1. The van der Waals surface area contributed by atoms with Crippen LogP contribution in [0.4, 0.5) is 5.69 Å². The van der Waals surface area contributed by atoms with E-state index in [-0.39, 0.29) is 6.04 Å². The molecule has 0 amide bonds. The van der Waals surface area contributed by atoms with Gasteiger partial charge < -0.3 is 5.73 Å². The van der Waals surface area contributed by atoms with Crippen molar-refractivity contribution >= 4 is 15.7 Å². The summed E-state index contributed by atoms with van der Waals surface area (Å²) in [4.78, 5) is 0.314. The van der Waals surface area contributed by atoms with E-state index in [1.165, 1.54) is 0 Å². The van der Waals surface area contributed by atoms with E-state index in [0.29, 0.717) is 16.1 Å². The van der Waals surface area contributed by atoms with Crippen LogP contribution in [0, 0.1) is 13.8 Å². The van der Waals surface area contributed by atoms with Gasteiger partial charge in [-0.2, -0.15) is 0 Å². The zero-order valence-electron chi connectivity index (χ0n) is 10.6. The van der Waals surface area contributed by atoms with Gasteiger partial charge in [0.05, 0.1) is 4.90 Å². The second-order valence-electron chi connectivity index (χ2n) is 4.69. The molecule has 1 aromatic rings. The molecule has 5 heteroatoms. The normalized spacial score (nSPS) is 16.3. The number of sulfonamides is 1. The fraction of sp³-hybridized carbons (Fsp3) is 0.385. The van der Waals surface area contributed by atoms with Crippen molar-refractivity contribution in [3.05, 3.63) is 35.4 Å². The second kappa shape index (κ2) is 4.74. The Bertz CT molecular complexity index is 583. The highest BCUT2D eigenvalue weighted by Gasteiger charge is 2.24. The molecule has 0 saturated heterocycles. The zero-order chi connectivity index (χ0) is 13.3. The van der Waals surface area contributed by atoms with Gasteiger partial charge in [0.25, 0.3) is 0 Å². The Morgan fingerprint density at radius 2 is 1.83 bits per heavy atom. The molecule has 0 saturated carbocycles. The standard InChI is InChI=1S/C13H18N2O2S/c1-9-7-8-12(14)10(2)13(9)18(16,17)15-11-5-3-4-6-11/h3-4,7-8,11,15H,5-6,14H2,1-2H3. The molecular formula is C13H18N2O2S. The van der Waals surface area contributed by atoms with Crippen LogP contribution in [0.5, 0.6) is 0 Å². The number of nitrogen functional groups attached to an aromatic ring is 1. The molecule has 0 radical (unpaired) electrons. The van der Waals surface area contributed by atoms with Crippen molar-refractivity contribution in [3.8, 4) is 0 Å². The maximum atomic E-state index is 12.4. The van der Waals surface area contributed by atoms with Crippen molar-refractivity contribution in [3.63, 3.8) is 0 Å². The van der Waals surface area contributed by atoms with Gasteiger partial charge >= 0.3 is 0 Å². The molecule has 1 aliphatic rings. The minimum atomic E-state index is -3.50. The summed E-state index contributed by atoms with van der Waals surface area (Å²) in [5.74, 6) is 0. The molecule has 18 heavy (non-hydrogen) atoms. The van der Waals surface area contributed by atoms with Gasteiger partial charge in [0.15, 0.2) is 0 Å². The van der Waals surface area contributed by atoms with Gasteiger partial charge in [0.1, 0.15) is 0 Å². The predicted octanol–water partition coefficient (Wildman–Crippen LogP) is 1.88. The van der Waals surface area contributed by atoms with Crippen molar-refractivity contribution in [2.24, 2.45) is 0 Å². The molecule has 0 unspecified atom stereocenters. The van der Waals surface area contributed by atoms with Gasteiger partial charge in [-0.3, -0.25) is 0 Å². The number of aryl methyl sites for hydroxylation is 1. The Labute approximate surface area is 108 Å². The number of nitrogens with two attached hydrogens (primary N) is 1. The van der Waals surface area contributed by atoms with Crippen molar-refractivity contribution in [2.45, 2.75) is 37.6 Å². The average Bonchev–Trinajstić information content (AvgIpc) is 2.75. The summed E-state index contributed by atoms with van der Waals surface area (Å²) in [6.45, 7) is 3.53. The van der Waals surface area contributed by atoms with Crippen molar-refractivity contribution in [1.29, 1.82) is 0 Å². The minimum Gasteiger partial charge on any atom is -0.398 e. The average molecular weight is 266 g/mol. The Balaban J connectivity index is 2.38. The van der Waals surface area contributed by atoms with E-state index < -0.39 is 10.0 Å². The predicted molar refractivity (Wildman–Crippen MR) is 72.8 cm³/mol. The molecule has 0 aliphatic heterocycles. The van der Waals surface area contributed by atoms with Crippen molar-refractivity contribution in [2.75, 3.05) is 5.73 Å². The Morgan fingerprint density at radius 3 is 2.44 bits per heavy atom. The molecule has 1 aliphatic carbocycles. The Morgan fingerprint density at radius 1 is 1.22 bits per heavy atom. The molecule has 0 spiro atoms. The maximum absolute atomic E-state index is 12.4. The van der Waals surface area contributed by atoms with Crippen LogP contribution in [0.25, 0.3) is 0 Å². The third kappa shape index (κ3) is 2.42. The van der Waals surface area contributed by atoms with Crippen LogP contribution in [-0.2, 0) is 10.0 Å². The van der Waals surface area contributed by atoms with Crippen molar-refractivity contribution < 1.29 is 8.42 Å². The molecule has 0 heterocycles. The fourth-order valence-electron chi connectivity index (χ4n) is 2.25. The summed E-state index contributed by atoms with van der Waals surface area (Å²) in [7, 11) is -3.50. The van der Waals surface area contributed by atoms with Crippen LogP contribution in [0.15, 0.2) is 29.2 Å². The van der Waals surface area contributed by atoms with Gasteiger partial charge in [-0.05, 0) is 43.9 Å². The molecule has 1 aromatic carbocycles. The summed E-state index contributed by atoms with van der Waals surface area (Å²) in [6.07, 6.45) is 5.48. The van der Waals surface area contributed by atoms with E-state index in [4.69, 9.17) is 5.73 Å². The van der Waals surface area contributed by atoms with E-state index in [1.54, 1.807) is 26.0 Å². The first-order chi connectivity index (χ1) is 8.42. The Hall–Kier alpha value is -1.33. The molecule has 2 rings (SSSR count). The first-order valence-corrected chi connectivity index (χ1v) is 7.43. The number of anilines is 1. The fourth-order valence-corrected chi connectivity index (χ4v) is 4.01. The number of hydrogen-bond donors (Lipinski definition) is 2. The quantitative estimate of drug-likeness (QED) is 0.648. The summed E-state index contributed by atoms with van der Waals surface area (Å²) in [5, 5.41) is 0. The second-order valence-corrected chi connectivity index (χ2v) is 6.34. The Kier molecular flexibility index (Phi) is 3.45. The first-order valence-electron chi connectivity index (χ1n) is 5.95. The van der Waals surface area contributed by atoms with Gasteiger partial charge in [-0.1, -0.05) is 18.2 Å². The molecule has 4 nitrogen and oxygen atoms in total. The van der Waals surface area contributed by atoms with Crippen LogP contribution in [-0.4, -0.2) is 14.5 Å². The largest absolute Gasteiger partial charge is 0.398 e. The maximum Gasteiger partial charge on any atom is 0.241 e. The molecular weight excluding hydrogens is 248 g/mol. The third-order valence-corrected chi connectivity index (χ3v) is 5.05. The third-order valence-electron chi connectivity index (χ3n) is 3.24. The lowest BCUT2D eigenvalue weighted by atomic mass is 10.1. The lowest BCUT2D eigenvalue weighted by Gasteiger charge is -2.17. The zero-order valence-corrected chi connectivity index (χ0v) is 11.4. The van der Waals surface area contributed by atoms with Gasteiger partial charge in [-0.25, -0.2) is 13.1 Å². The van der Waals surface area contributed by atoms with E-state index in [1.807, 2.05) is 12.2 Å². The lowest BCUT2D eigenvalue weighted by Crippen LogP contribution is -2.33. The number of benzene rings is 1. The lowest BCUT2D eigenvalue weighted by molar-refractivity contribution is 0.556. The van der Waals surface area contributed by atoms with Crippen LogP contribution in [0.2, 0.25) is 0 Å². The highest BCUT2D eigenvalue weighted by atomic mass is 32.2. The highest BCUT2D eigenvalue weighted by molar-refractivity contribution is 7.89. The van der Waals surface area contributed by atoms with E-state index in [2.05, 4.69) is 4.72 Å². The number of hydrogen-bond acceptors (Lipinski definition) is 3.